The number of anilines is 1. The molecule has 0 bridgehead atoms. The van der Waals surface area contributed by atoms with E-state index < -0.39 is 0 Å². The van der Waals surface area contributed by atoms with Gasteiger partial charge in [-0.3, -0.25) is 4.98 Å². The molecule has 0 aliphatic heterocycles. The van der Waals surface area contributed by atoms with Gasteiger partial charge in [-0.1, -0.05) is 36.4 Å². The largest absolute Gasteiger partial charge is 0.473 e. The van der Waals surface area contributed by atoms with Crippen LogP contribution in [0.5, 0.6) is 5.88 Å². The maximum atomic E-state index is 5.86. The lowest BCUT2D eigenvalue weighted by Crippen LogP contribution is -2.05. The monoisotopic (exact) mass is 369 g/mol. The summed E-state index contributed by atoms with van der Waals surface area (Å²) in [6, 6.07) is 16.0. The molecule has 0 atom stereocenters. The van der Waals surface area contributed by atoms with Gasteiger partial charge in [-0.05, 0) is 33.6 Å². The molecule has 0 radical (unpaired) electrons. The first-order valence-corrected chi connectivity index (χ1v) is 8.05. The van der Waals surface area contributed by atoms with E-state index in [1.807, 2.05) is 48.5 Å². The standard InChI is InChI=1S/C18H16BrN3O/c19-16-9-17(12-20-11-16)22-10-15-7-4-8-21-18(15)23-13-14-5-2-1-3-6-14/h1-9,11-12,22H,10,13H2. The number of halogens is 1. The molecule has 0 saturated heterocycles. The van der Waals surface area contributed by atoms with Crippen LogP contribution in [0.3, 0.4) is 0 Å². The fraction of sp³-hybridized carbons (Fsp3) is 0.111. The van der Waals surface area contributed by atoms with Gasteiger partial charge in [0.25, 0.3) is 0 Å². The van der Waals surface area contributed by atoms with E-state index in [1.165, 1.54) is 0 Å². The molecule has 23 heavy (non-hydrogen) atoms. The van der Waals surface area contributed by atoms with E-state index in [0.29, 0.717) is 19.0 Å². The first-order chi connectivity index (χ1) is 11.3. The third kappa shape index (κ3) is 4.53. The summed E-state index contributed by atoms with van der Waals surface area (Å²) in [5, 5.41) is 3.33. The Morgan fingerprint density at radius 3 is 2.74 bits per heavy atom. The molecule has 1 N–H and O–H groups in total. The number of rotatable bonds is 6. The quantitative estimate of drug-likeness (QED) is 0.697. The van der Waals surface area contributed by atoms with Crippen molar-refractivity contribution in [2.75, 3.05) is 5.32 Å². The number of hydrogen-bond acceptors (Lipinski definition) is 4. The van der Waals surface area contributed by atoms with Crippen molar-refractivity contribution in [2.45, 2.75) is 13.2 Å². The van der Waals surface area contributed by atoms with Crippen molar-refractivity contribution >= 4 is 21.6 Å². The number of benzene rings is 1. The molecule has 3 aromatic rings. The van der Waals surface area contributed by atoms with Crippen LogP contribution < -0.4 is 10.1 Å². The van der Waals surface area contributed by atoms with Crippen LogP contribution in [-0.4, -0.2) is 9.97 Å². The van der Waals surface area contributed by atoms with Crippen molar-refractivity contribution in [1.29, 1.82) is 0 Å². The highest BCUT2D eigenvalue weighted by molar-refractivity contribution is 9.10. The zero-order chi connectivity index (χ0) is 15.9. The van der Waals surface area contributed by atoms with Crippen molar-refractivity contribution < 1.29 is 4.74 Å². The summed E-state index contributed by atoms with van der Waals surface area (Å²) in [5.41, 5.74) is 3.06. The smallest absolute Gasteiger partial charge is 0.218 e. The predicted molar refractivity (Wildman–Crippen MR) is 94.3 cm³/mol. The fourth-order valence-electron chi connectivity index (χ4n) is 2.12. The van der Waals surface area contributed by atoms with Gasteiger partial charge >= 0.3 is 0 Å². The summed E-state index contributed by atoms with van der Waals surface area (Å²) in [7, 11) is 0. The second-order valence-electron chi connectivity index (χ2n) is 4.99. The molecule has 1 aromatic carbocycles. The van der Waals surface area contributed by atoms with Crippen LogP contribution >= 0.6 is 15.9 Å². The number of ether oxygens (including phenoxy) is 1. The number of pyridine rings is 2. The van der Waals surface area contributed by atoms with E-state index in [2.05, 4.69) is 31.2 Å². The fourth-order valence-corrected chi connectivity index (χ4v) is 2.49. The Kier molecular flexibility index (Phi) is 5.21. The highest BCUT2D eigenvalue weighted by atomic mass is 79.9. The minimum Gasteiger partial charge on any atom is -0.473 e. The van der Waals surface area contributed by atoms with Crippen LogP contribution in [0.15, 0.2) is 71.6 Å². The van der Waals surface area contributed by atoms with Crippen molar-refractivity contribution in [1.82, 2.24) is 9.97 Å². The highest BCUT2D eigenvalue weighted by Crippen LogP contribution is 2.19. The average molecular weight is 370 g/mol. The summed E-state index contributed by atoms with van der Waals surface area (Å²) in [6.07, 6.45) is 5.28. The first kappa shape index (κ1) is 15.5. The van der Waals surface area contributed by atoms with Crippen molar-refractivity contribution in [3.8, 4) is 5.88 Å². The highest BCUT2D eigenvalue weighted by Gasteiger charge is 2.05. The van der Waals surface area contributed by atoms with Gasteiger partial charge in [0.15, 0.2) is 0 Å². The van der Waals surface area contributed by atoms with E-state index in [0.717, 1.165) is 21.3 Å². The van der Waals surface area contributed by atoms with E-state index in [9.17, 15) is 0 Å². The Labute approximate surface area is 143 Å². The second kappa shape index (κ2) is 7.74. The van der Waals surface area contributed by atoms with Crippen LogP contribution in [0.1, 0.15) is 11.1 Å². The lowest BCUT2D eigenvalue weighted by atomic mass is 10.2. The molecule has 5 heteroatoms. The Hall–Kier alpha value is -2.40. The molecule has 4 nitrogen and oxygen atoms in total. The summed E-state index contributed by atoms with van der Waals surface area (Å²) in [6.45, 7) is 1.12. The molecule has 0 unspecified atom stereocenters. The third-order valence-corrected chi connectivity index (χ3v) is 3.69. The molecule has 0 spiro atoms. The maximum Gasteiger partial charge on any atom is 0.218 e. The van der Waals surface area contributed by atoms with E-state index >= 15 is 0 Å². The van der Waals surface area contributed by atoms with Gasteiger partial charge in [-0.25, -0.2) is 4.98 Å². The van der Waals surface area contributed by atoms with Crippen LogP contribution in [0, 0.1) is 0 Å². The van der Waals surface area contributed by atoms with Crippen LogP contribution in [0.4, 0.5) is 5.69 Å². The average Bonchev–Trinajstić information content (AvgIpc) is 2.60. The molecule has 0 amide bonds. The topological polar surface area (TPSA) is 47.0 Å². The number of hydrogen-bond donors (Lipinski definition) is 1. The zero-order valence-corrected chi connectivity index (χ0v) is 14.0. The maximum absolute atomic E-state index is 5.86. The Morgan fingerprint density at radius 2 is 1.91 bits per heavy atom. The summed E-state index contributed by atoms with van der Waals surface area (Å²) >= 11 is 3.41. The molecule has 0 saturated carbocycles. The van der Waals surface area contributed by atoms with Gasteiger partial charge in [0.1, 0.15) is 6.61 Å². The number of nitrogens with one attached hydrogen (secondary N) is 1. The summed E-state index contributed by atoms with van der Waals surface area (Å²) in [4.78, 5) is 8.48. The lowest BCUT2D eigenvalue weighted by Gasteiger charge is -2.11. The van der Waals surface area contributed by atoms with Gasteiger partial charge in [0, 0.05) is 29.0 Å². The van der Waals surface area contributed by atoms with Gasteiger partial charge in [0.05, 0.1) is 11.9 Å². The van der Waals surface area contributed by atoms with E-state index in [4.69, 9.17) is 4.74 Å². The van der Waals surface area contributed by atoms with Crippen molar-refractivity contribution in [2.24, 2.45) is 0 Å². The molecule has 2 heterocycles. The van der Waals surface area contributed by atoms with Crippen molar-refractivity contribution in [3.05, 3.63) is 82.7 Å². The van der Waals surface area contributed by atoms with Crippen LogP contribution in [0.2, 0.25) is 0 Å². The van der Waals surface area contributed by atoms with E-state index in [-0.39, 0.29) is 0 Å². The first-order valence-electron chi connectivity index (χ1n) is 7.26. The molecule has 2 aromatic heterocycles. The van der Waals surface area contributed by atoms with E-state index in [1.54, 1.807) is 18.6 Å². The predicted octanol–water partition coefficient (Wildman–Crippen LogP) is 4.43. The molecule has 3 rings (SSSR count). The Balaban J connectivity index is 1.65. The minimum atomic E-state index is 0.503. The lowest BCUT2D eigenvalue weighted by molar-refractivity contribution is 0.291. The molecule has 116 valence electrons. The minimum absolute atomic E-state index is 0.503. The molecule has 0 aliphatic rings. The molecule has 0 fully saturated rings. The summed E-state index contributed by atoms with van der Waals surface area (Å²) in [5.74, 6) is 0.645. The molecular weight excluding hydrogens is 354 g/mol. The van der Waals surface area contributed by atoms with Crippen LogP contribution in [0.25, 0.3) is 0 Å². The van der Waals surface area contributed by atoms with Gasteiger partial charge in [-0.2, -0.15) is 0 Å². The Bertz CT molecular complexity index is 765. The normalized spacial score (nSPS) is 10.3. The van der Waals surface area contributed by atoms with Gasteiger partial charge in [0.2, 0.25) is 5.88 Å². The second-order valence-corrected chi connectivity index (χ2v) is 5.90. The van der Waals surface area contributed by atoms with Gasteiger partial charge < -0.3 is 10.1 Å². The Morgan fingerprint density at radius 1 is 1.04 bits per heavy atom. The molecule has 0 aliphatic carbocycles. The van der Waals surface area contributed by atoms with Gasteiger partial charge in [-0.15, -0.1) is 0 Å². The number of nitrogens with zero attached hydrogens (tertiary/aromatic N) is 2. The number of aromatic nitrogens is 2. The summed E-state index contributed by atoms with van der Waals surface area (Å²) < 4.78 is 6.80. The molecular formula is C18H16BrN3O. The SMILES string of the molecule is Brc1cncc(NCc2cccnc2OCc2ccccc2)c1. The third-order valence-electron chi connectivity index (χ3n) is 3.26. The van der Waals surface area contributed by atoms with Crippen LogP contribution in [-0.2, 0) is 13.2 Å². The van der Waals surface area contributed by atoms with Crippen molar-refractivity contribution in [3.63, 3.8) is 0 Å². The zero-order valence-electron chi connectivity index (χ0n) is 12.4.